The Morgan fingerprint density at radius 1 is 1.00 bits per heavy atom. The van der Waals surface area contributed by atoms with Crippen LogP contribution in [0.25, 0.3) is 0 Å². The fourth-order valence-corrected chi connectivity index (χ4v) is 3.96. The first-order valence-corrected chi connectivity index (χ1v) is 9.83. The molecule has 6 heteroatoms. The number of aliphatic carboxylic acids is 2. The third-order valence-electron chi connectivity index (χ3n) is 5.58. The van der Waals surface area contributed by atoms with Gasteiger partial charge in [0, 0.05) is 38.8 Å². The van der Waals surface area contributed by atoms with Gasteiger partial charge in [-0.15, -0.1) is 0 Å². The summed E-state index contributed by atoms with van der Waals surface area (Å²) < 4.78 is 0. The average Bonchev–Trinajstić information content (AvgIpc) is 2.64. The van der Waals surface area contributed by atoms with Gasteiger partial charge in [0.15, 0.2) is 0 Å². The molecule has 0 unspecified atom stereocenters. The van der Waals surface area contributed by atoms with Crippen LogP contribution in [0.2, 0.25) is 0 Å². The summed E-state index contributed by atoms with van der Waals surface area (Å²) in [7, 11) is 0. The zero-order valence-corrected chi connectivity index (χ0v) is 16.4. The maximum atomic E-state index is 9.10. The van der Waals surface area contributed by atoms with Gasteiger partial charge in [0.1, 0.15) is 0 Å². The molecule has 0 atom stereocenters. The van der Waals surface area contributed by atoms with E-state index in [0.29, 0.717) is 0 Å². The maximum Gasteiger partial charge on any atom is 0.414 e. The molecule has 1 saturated carbocycles. The van der Waals surface area contributed by atoms with Crippen LogP contribution in [0.15, 0.2) is 24.3 Å². The van der Waals surface area contributed by atoms with E-state index in [1.54, 1.807) is 0 Å². The molecule has 1 heterocycles. The molecule has 150 valence electrons. The summed E-state index contributed by atoms with van der Waals surface area (Å²) in [6, 6.07) is 9.84. The van der Waals surface area contributed by atoms with Gasteiger partial charge >= 0.3 is 11.9 Å². The highest BCUT2D eigenvalue weighted by molar-refractivity contribution is 6.27. The molecule has 27 heavy (non-hydrogen) atoms. The monoisotopic (exact) mass is 376 g/mol. The second-order valence-electron chi connectivity index (χ2n) is 7.83. The normalized spacial score (nSPS) is 23.9. The molecule has 1 aromatic carbocycles. The van der Waals surface area contributed by atoms with Crippen molar-refractivity contribution in [2.45, 2.75) is 52.1 Å². The van der Waals surface area contributed by atoms with Crippen LogP contribution >= 0.6 is 0 Å². The summed E-state index contributed by atoms with van der Waals surface area (Å²) >= 11 is 0. The van der Waals surface area contributed by atoms with E-state index in [4.69, 9.17) is 19.8 Å². The Morgan fingerprint density at radius 3 is 2.11 bits per heavy atom. The van der Waals surface area contributed by atoms with Gasteiger partial charge < -0.3 is 10.2 Å². The highest BCUT2D eigenvalue weighted by atomic mass is 16.4. The van der Waals surface area contributed by atoms with Crippen molar-refractivity contribution >= 4 is 11.9 Å². The first-order valence-electron chi connectivity index (χ1n) is 9.83. The minimum absolute atomic E-state index is 0.877. The van der Waals surface area contributed by atoms with Crippen molar-refractivity contribution in [1.29, 1.82) is 0 Å². The van der Waals surface area contributed by atoms with Crippen molar-refractivity contribution in [2.75, 3.05) is 26.2 Å². The first-order chi connectivity index (χ1) is 12.8. The van der Waals surface area contributed by atoms with Crippen molar-refractivity contribution < 1.29 is 19.8 Å². The van der Waals surface area contributed by atoms with Gasteiger partial charge in [-0.25, -0.2) is 9.59 Å². The quantitative estimate of drug-likeness (QED) is 0.790. The van der Waals surface area contributed by atoms with Crippen LogP contribution in [-0.2, 0) is 16.1 Å². The summed E-state index contributed by atoms with van der Waals surface area (Å²) in [5.41, 5.74) is 2.84. The number of benzene rings is 1. The van der Waals surface area contributed by atoms with E-state index < -0.39 is 11.9 Å². The second kappa shape index (κ2) is 10.4. The van der Waals surface area contributed by atoms with Crippen LogP contribution in [0.4, 0.5) is 0 Å². The molecule has 0 aromatic heterocycles. The van der Waals surface area contributed by atoms with Crippen LogP contribution in [0.3, 0.4) is 0 Å². The Morgan fingerprint density at radius 2 is 1.59 bits per heavy atom. The molecule has 0 radical (unpaired) electrons. The maximum absolute atomic E-state index is 9.10. The number of rotatable bonds is 3. The standard InChI is InChI=1S/C19H30N2.C2H2O4/c1-16-6-8-19(9-7-16)21-12-10-20(11-13-21)15-18-5-3-4-17(2)14-18;3-1(4)2(5)6/h3-5,14,16,19H,6-13,15H2,1-2H3;(H,3,4)(H,5,6). The minimum atomic E-state index is -1.82. The first kappa shape index (κ1) is 21.4. The van der Waals surface area contributed by atoms with E-state index in [0.717, 1.165) is 18.5 Å². The lowest BCUT2D eigenvalue weighted by Gasteiger charge is -2.41. The Hall–Kier alpha value is -1.92. The molecule has 2 N–H and O–H groups in total. The van der Waals surface area contributed by atoms with E-state index >= 15 is 0 Å². The SMILES string of the molecule is Cc1cccc(CN2CCN(C3CCC(C)CC3)CC2)c1.O=C(O)C(=O)O. The number of piperazine rings is 1. The van der Waals surface area contributed by atoms with Crippen LogP contribution in [0, 0.1) is 12.8 Å². The van der Waals surface area contributed by atoms with Crippen molar-refractivity contribution in [1.82, 2.24) is 9.80 Å². The molecule has 1 aliphatic heterocycles. The summed E-state index contributed by atoms with van der Waals surface area (Å²) in [5.74, 6) is -2.69. The lowest BCUT2D eigenvalue weighted by atomic mass is 9.86. The minimum Gasteiger partial charge on any atom is -0.473 e. The van der Waals surface area contributed by atoms with Gasteiger partial charge in [0.05, 0.1) is 0 Å². The summed E-state index contributed by atoms with van der Waals surface area (Å²) in [6.07, 6.45) is 5.74. The fraction of sp³-hybridized carbons (Fsp3) is 0.619. The zero-order valence-electron chi connectivity index (χ0n) is 16.4. The van der Waals surface area contributed by atoms with Crippen LogP contribution < -0.4 is 0 Å². The molecule has 3 rings (SSSR count). The molecular weight excluding hydrogens is 344 g/mol. The predicted octanol–water partition coefficient (Wildman–Crippen LogP) is 2.85. The number of hydrogen-bond donors (Lipinski definition) is 2. The highest BCUT2D eigenvalue weighted by Crippen LogP contribution is 2.27. The number of carbonyl (C=O) groups is 2. The van der Waals surface area contributed by atoms with Gasteiger partial charge in [0.2, 0.25) is 0 Å². The Kier molecular flexibility index (Phi) is 8.25. The zero-order chi connectivity index (χ0) is 19.8. The van der Waals surface area contributed by atoms with E-state index in [9.17, 15) is 0 Å². The molecular formula is C21H32N2O4. The summed E-state index contributed by atoms with van der Waals surface area (Å²) in [5, 5.41) is 14.8. The molecule has 1 aromatic rings. The van der Waals surface area contributed by atoms with Crippen LogP contribution in [-0.4, -0.2) is 64.2 Å². The van der Waals surface area contributed by atoms with Crippen LogP contribution in [0.1, 0.15) is 43.7 Å². The molecule has 1 saturated heterocycles. The Labute approximate surface area is 161 Å². The van der Waals surface area contributed by atoms with Crippen molar-refractivity contribution in [3.63, 3.8) is 0 Å². The molecule has 2 fully saturated rings. The van der Waals surface area contributed by atoms with E-state index in [-0.39, 0.29) is 0 Å². The number of aryl methyl sites for hydroxylation is 1. The smallest absolute Gasteiger partial charge is 0.414 e. The molecule has 0 bridgehead atoms. The van der Waals surface area contributed by atoms with Crippen molar-refractivity contribution in [3.8, 4) is 0 Å². The number of carboxylic acid groups (broad SMARTS) is 2. The van der Waals surface area contributed by atoms with E-state index in [1.807, 2.05) is 0 Å². The third-order valence-corrected chi connectivity index (χ3v) is 5.58. The van der Waals surface area contributed by atoms with E-state index in [2.05, 4.69) is 47.9 Å². The highest BCUT2D eigenvalue weighted by Gasteiger charge is 2.26. The van der Waals surface area contributed by atoms with Gasteiger partial charge in [-0.3, -0.25) is 9.80 Å². The van der Waals surface area contributed by atoms with Gasteiger partial charge in [-0.05, 0) is 44.1 Å². The third kappa shape index (κ3) is 7.31. The molecule has 6 nitrogen and oxygen atoms in total. The average molecular weight is 376 g/mol. The van der Waals surface area contributed by atoms with Crippen molar-refractivity contribution in [2.24, 2.45) is 5.92 Å². The topological polar surface area (TPSA) is 81.1 Å². The second-order valence-corrected chi connectivity index (χ2v) is 7.83. The Balaban J connectivity index is 0.000000380. The lowest BCUT2D eigenvalue weighted by molar-refractivity contribution is -0.159. The molecule has 1 aliphatic carbocycles. The predicted molar refractivity (Wildman–Crippen MR) is 105 cm³/mol. The summed E-state index contributed by atoms with van der Waals surface area (Å²) in [6.45, 7) is 10.7. The Bertz CT molecular complexity index is 606. The van der Waals surface area contributed by atoms with Crippen molar-refractivity contribution in [3.05, 3.63) is 35.4 Å². The molecule has 0 spiro atoms. The largest absolute Gasteiger partial charge is 0.473 e. The van der Waals surface area contributed by atoms with Gasteiger partial charge in [-0.1, -0.05) is 36.8 Å². The summed E-state index contributed by atoms with van der Waals surface area (Å²) in [4.78, 5) is 23.6. The van der Waals surface area contributed by atoms with Crippen LogP contribution in [0.5, 0.6) is 0 Å². The fourth-order valence-electron chi connectivity index (χ4n) is 3.96. The number of hydrogen-bond acceptors (Lipinski definition) is 4. The lowest BCUT2D eigenvalue weighted by Crippen LogP contribution is -2.50. The van der Waals surface area contributed by atoms with Gasteiger partial charge in [0.25, 0.3) is 0 Å². The number of nitrogens with zero attached hydrogens (tertiary/aromatic N) is 2. The van der Waals surface area contributed by atoms with Gasteiger partial charge in [-0.2, -0.15) is 0 Å². The number of carboxylic acids is 2. The molecule has 0 amide bonds. The molecule has 2 aliphatic rings. The van der Waals surface area contributed by atoms with E-state index in [1.165, 1.54) is 63.0 Å².